The van der Waals surface area contributed by atoms with Gasteiger partial charge in [-0.05, 0) is 6.26 Å². The number of aliphatic hydroxyl groups excluding tert-OH is 2. The lowest BCUT2D eigenvalue weighted by atomic mass is 10.1. The van der Waals surface area contributed by atoms with Crippen LogP contribution in [0.3, 0.4) is 0 Å². The predicted octanol–water partition coefficient (Wildman–Crippen LogP) is -0.609. The highest BCUT2D eigenvalue weighted by molar-refractivity contribution is 7.98. The molecule has 0 amide bonds. The maximum atomic E-state index is 10.1. The van der Waals surface area contributed by atoms with E-state index in [2.05, 4.69) is 15.0 Å². The number of aromatic nitrogens is 4. The largest absolute Gasteiger partial charge is 0.387 e. The van der Waals surface area contributed by atoms with Gasteiger partial charge in [-0.15, -0.1) is 0 Å². The number of nitrogens with two attached hydrogens (primary N) is 1. The van der Waals surface area contributed by atoms with Crippen molar-refractivity contribution >= 4 is 28.7 Å². The Morgan fingerprint density at radius 1 is 1.35 bits per heavy atom. The molecule has 1 fully saturated rings. The van der Waals surface area contributed by atoms with Crippen LogP contribution in [-0.2, 0) is 4.74 Å². The molecule has 4 N–H and O–H groups in total. The summed E-state index contributed by atoms with van der Waals surface area (Å²) in [5.74, 6) is 0.862. The number of nitrogen functional groups attached to an aromatic ring is 1. The quantitative estimate of drug-likeness (QED) is 0.686. The van der Waals surface area contributed by atoms with Gasteiger partial charge >= 0.3 is 0 Å². The highest BCUT2D eigenvalue weighted by atomic mass is 32.2. The molecule has 1 unspecified atom stereocenters. The third kappa shape index (κ3) is 2.03. The van der Waals surface area contributed by atoms with Crippen molar-refractivity contribution in [3.63, 3.8) is 0 Å². The van der Waals surface area contributed by atoms with Gasteiger partial charge in [-0.25, -0.2) is 15.0 Å². The number of aliphatic hydroxyl groups is 2. The smallest absolute Gasteiger partial charge is 0.167 e. The molecule has 1 aliphatic heterocycles. The Morgan fingerprint density at radius 3 is 2.90 bits per heavy atom. The number of fused-ring (bicyclic) bond motifs is 1. The first-order valence-electron chi connectivity index (χ1n) is 6.07. The minimum absolute atomic E-state index is 0.266. The van der Waals surface area contributed by atoms with Crippen molar-refractivity contribution in [3.05, 3.63) is 12.7 Å². The molecule has 3 heterocycles. The third-order valence-corrected chi connectivity index (χ3v) is 3.99. The maximum Gasteiger partial charge on any atom is 0.167 e. The normalized spacial score (nSPS) is 30.1. The molecule has 0 bridgehead atoms. The van der Waals surface area contributed by atoms with E-state index < -0.39 is 24.5 Å². The van der Waals surface area contributed by atoms with E-state index in [1.165, 1.54) is 12.7 Å². The van der Waals surface area contributed by atoms with Crippen molar-refractivity contribution in [2.75, 3.05) is 17.7 Å². The van der Waals surface area contributed by atoms with Gasteiger partial charge < -0.3 is 20.7 Å². The average molecular weight is 297 g/mol. The second-order valence-electron chi connectivity index (χ2n) is 4.58. The molecule has 0 spiro atoms. The molecular weight excluding hydrogens is 282 g/mol. The van der Waals surface area contributed by atoms with Gasteiger partial charge in [0.2, 0.25) is 0 Å². The lowest BCUT2D eigenvalue weighted by Gasteiger charge is -2.16. The summed E-state index contributed by atoms with van der Waals surface area (Å²) in [7, 11) is 0. The van der Waals surface area contributed by atoms with Crippen molar-refractivity contribution in [2.24, 2.45) is 0 Å². The fraction of sp³-hybridized carbons (Fsp3) is 0.545. The van der Waals surface area contributed by atoms with E-state index >= 15 is 0 Å². The molecule has 8 nitrogen and oxygen atoms in total. The molecule has 3 rings (SSSR count). The fourth-order valence-electron chi connectivity index (χ4n) is 2.32. The van der Waals surface area contributed by atoms with Gasteiger partial charge in [-0.2, -0.15) is 11.8 Å². The highest BCUT2D eigenvalue weighted by Crippen LogP contribution is 2.32. The Morgan fingerprint density at radius 2 is 2.15 bits per heavy atom. The number of thioether (sulfide) groups is 1. The van der Waals surface area contributed by atoms with Crippen molar-refractivity contribution in [1.82, 2.24) is 19.5 Å². The molecule has 4 atom stereocenters. The first-order valence-corrected chi connectivity index (χ1v) is 7.46. The van der Waals surface area contributed by atoms with Gasteiger partial charge in [0.25, 0.3) is 0 Å². The number of hydrogen-bond acceptors (Lipinski definition) is 8. The van der Waals surface area contributed by atoms with Gasteiger partial charge in [0.1, 0.15) is 24.1 Å². The molecule has 1 aliphatic rings. The Labute approximate surface area is 119 Å². The molecule has 2 aromatic rings. The summed E-state index contributed by atoms with van der Waals surface area (Å²) in [6.45, 7) is 0. The SMILES string of the molecule is CSC[C@H]1O[C@@H](n2cnc3c(N)ncnc32)C(O)[C@@H]1O. The molecule has 0 aliphatic carbocycles. The highest BCUT2D eigenvalue weighted by Gasteiger charge is 2.43. The number of rotatable bonds is 3. The summed E-state index contributed by atoms with van der Waals surface area (Å²) in [4.78, 5) is 12.1. The van der Waals surface area contributed by atoms with Crippen LogP contribution >= 0.6 is 11.8 Å². The zero-order valence-electron chi connectivity index (χ0n) is 10.7. The number of nitrogens with zero attached hydrogens (tertiary/aromatic N) is 4. The van der Waals surface area contributed by atoms with Crippen molar-refractivity contribution in [1.29, 1.82) is 0 Å². The van der Waals surface area contributed by atoms with Crippen molar-refractivity contribution in [3.8, 4) is 0 Å². The first kappa shape index (κ1) is 13.6. The second kappa shape index (κ2) is 5.17. The summed E-state index contributed by atoms with van der Waals surface area (Å²) in [5, 5.41) is 20.2. The van der Waals surface area contributed by atoms with E-state index in [1.54, 1.807) is 16.3 Å². The molecule has 20 heavy (non-hydrogen) atoms. The van der Waals surface area contributed by atoms with Gasteiger partial charge in [0.05, 0.1) is 12.4 Å². The summed E-state index contributed by atoms with van der Waals surface area (Å²) < 4.78 is 7.29. The molecule has 2 aromatic heterocycles. The molecular formula is C11H15N5O3S. The number of ether oxygens (including phenoxy) is 1. The Balaban J connectivity index is 1.97. The van der Waals surface area contributed by atoms with Crippen molar-refractivity contribution in [2.45, 2.75) is 24.5 Å². The van der Waals surface area contributed by atoms with Crippen LogP contribution in [0, 0.1) is 0 Å². The lowest BCUT2D eigenvalue weighted by molar-refractivity contribution is -0.0288. The monoisotopic (exact) mass is 297 g/mol. The number of imidazole rings is 1. The summed E-state index contributed by atoms with van der Waals surface area (Å²) in [6, 6.07) is 0. The van der Waals surface area contributed by atoms with Crippen LogP contribution in [0.4, 0.5) is 5.82 Å². The van der Waals surface area contributed by atoms with Crippen LogP contribution in [0.2, 0.25) is 0 Å². The molecule has 1 saturated heterocycles. The molecule has 0 radical (unpaired) electrons. The zero-order valence-corrected chi connectivity index (χ0v) is 11.6. The van der Waals surface area contributed by atoms with E-state index in [1.807, 2.05) is 6.26 Å². The minimum Gasteiger partial charge on any atom is -0.387 e. The van der Waals surface area contributed by atoms with Gasteiger partial charge in [0, 0.05) is 5.75 Å². The fourth-order valence-corrected chi connectivity index (χ4v) is 2.92. The van der Waals surface area contributed by atoms with Gasteiger partial charge in [-0.1, -0.05) is 0 Å². The topological polar surface area (TPSA) is 119 Å². The van der Waals surface area contributed by atoms with Crippen LogP contribution in [0.25, 0.3) is 11.2 Å². The minimum atomic E-state index is -1.04. The summed E-state index contributed by atoms with van der Waals surface area (Å²) >= 11 is 1.54. The first-order chi connectivity index (χ1) is 9.63. The lowest BCUT2D eigenvalue weighted by Crippen LogP contribution is -2.32. The van der Waals surface area contributed by atoms with Crippen LogP contribution in [0.1, 0.15) is 6.23 Å². The van der Waals surface area contributed by atoms with Crippen LogP contribution in [0.15, 0.2) is 12.7 Å². The molecule has 0 saturated carbocycles. The number of anilines is 1. The summed E-state index contributed by atoms with van der Waals surface area (Å²) in [5.41, 5.74) is 6.64. The van der Waals surface area contributed by atoms with Crippen LogP contribution < -0.4 is 5.73 Å². The van der Waals surface area contributed by atoms with E-state index in [0.717, 1.165) is 0 Å². The Hall–Kier alpha value is -1.42. The molecule has 108 valence electrons. The van der Waals surface area contributed by atoms with E-state index in [-0.39, 0.29) is 5.82 Å². The predicted molar refractivity (Wildman–Crippen MR) is 74.0 cm³/mol. The van der Waals surface area contributed by atoms with Gasteiger partial charge in [-0.3, -0.25) is 4.57 Å². The molecule has 9 heteroatoms. The van der Waals surface area contributed by atoms with Gasteiger partial charge in [0.15, 0.2) is 17.7 Å². The number of hydrogen-bond donors (Lipinski definition) is 3. The standard InChI is InChI=1S/C11H15N5O3S/c1-20-2-5-7(17)8(18)11(19-5)16-4-15-6-9(12)13-3-14-10(6)16/h3-5,7-8,11,17-18H,2H2,1H3,(H2,12,13,14)/t5-,7-,8?,11-/m1/s1. The maximum absolute atomic E-state index is 10.1. The Kier molecular flexibility index (Phi) is 3.50. The third-order valence-electron chi connectivity index (χ3n) is 3.33. The molecule has 0 aromatic carbocycles. The van der Waals surface area contributed by atoms with Crippen molar-refractivity contribution < 1.29 is 14.9 Å². The Bertz CT molecular complexity index is 621. The average Bonchev–Trinajstić information content (AvgIpc) is 2.97. The van der Waals surface area contributed by atoms with Crippen LogP contribution in [0.5, 0.6) is 0 Å². The second-order valence-corrected chi connectivity index (χ2v) is 5.50. The van der Waals surface area contributed by atoms with E-state index in [4.69, 9.17) is 10.5 Å². The summed E-state index contributed by atoms with van der Waals surface area (Å²) in [6.07, 6.45) is 1.58. The van der Waals surface area contributed by atoms with Crippen LogP contribution in [-0.4, -0.2) is 60.1 Å². The zero-order chi connectivity index (χ0) is 14.3. The van der Waals surface area contributed by atoms with E-state index in [0.29, 0.717) is 16.9 Å². The van der Waals surface area contributed by atoms with E-state index in [9.17, 15) is 10.2 Å².